The molecule has 7 nitrogen and oxygen atoms in total. The fourth-order valence-electron chi connectivity index (χ4n) is 5.33. The van der Waals surface area contributed by atoms with Gasteiger partial charge in [0.15, 0.2) is 0 Å². The number of benzene rings is 3. The van der Waals surface area contributed by atoms with Crippen LogP contribution in [0, 0.1) is 5.92 Å². The summed E-state index contributed by atoms with van der Waals surface area (Å²) in [6.45, 7) is 0. The van der Waals surface area contributed by atoms with Crippen LogP contribution in [-0.2, 0) is 4.79 Å². The predicted octanol–water partition coefficient (Wildman–Crippen LogP) is 6.66. The van der Waals surface area contributed by atoms with Crippen LogP contribution in [0.15, 0.2) is 105 Å². The molecule has 1 fully saturated rings. The number of amides is 1. The van der Waals surface area contributed by atoms with E-state index in [1.54, 1.807) is 12.1 Å². The molecule has 39 heavy (non-hydrogen) atoms. The topological polar surface area (TPSA) is 80.8 Å². The lowest BCUT2D eigenvalue weighted by atomic mass is 9.77. The molecule has 1 aromatic heterocycles. The molecule has 0 radical (unpaired) electrons. The van der Waals surface area contributed by atoms with Crippen molar-refractivity contribution in [2.45, 2.75) is 30.5 Å². The number of nitrogens with zero attached hydrogens (tertiary/aromatic N) is 4. The Labute approximate surface area is 231 Å². The van der Waals surface area contributed by atoms with E-state index in [-0.39, 0.29) is 23.6 Å². The number of allylic oxidation sites excluding steroid dienone is 1. The Morgan fingerprint density at radius 2 is 1.77 bits per heavy atom. The van der Waals surface area contributed by atoms with Crippen molar-refractivity contribution in [3.63, 3.8) is 0 Å². The number of carbonyl (C=O) groups excluding carboxylic acids is 1. The van der Waals surface area contributed by atoms with Crippen molar-refractivity contribution in [1.82, 2.24) is 15.2 Å². The van der Waals surface area contributed by atoms with Crippen molar-refractivity contribution >= 4 is 29.5 Å². The van der Waals surface area contributed by atoms with Gasteiger partial charge in [-0.25, -0.2) is 5.01 Å². The summed E-state index contributed by atoms with van der Waals surface area (Å²) in [6, 6.07) is 27.8. The highest BCUT2D eigenvalue weighted by atomic mass is 32.2. The molecule has 8 heteroatoms. The van der Waals surface area contributed by atoms with E-state index >= 15 is 0 Å². The van der Waals surface area contributed by atoms with Crippen molar-refractivity contribution < 1.29 is 13.9 Å². The largest absolute Gasteiger partial charge is 0.496 e. The van der Waals surface area contributed by atoms with Crippen molar-refractivity contribution in [2.24, 2.45) is 11.0 Å². The van der Waals surface area contributed by atoms with Crippen LogP contribution in [0.1, 0.15) is 36.4 Å². The van der Waals surface area contributed by atoms with E-state index in [9.17, 15) is 4.79 Å². The first kappa shape index (κ1) is 25.1. The number of hydrogen-bond donors (Lipinski definition) is 0. The number of hydrazone groups is 1. The molecule has 1 saturated carbocycles. The van der Waals surface area contributed by atoms with E-state index in [4.69, 9.17) is 14.3 Å². The maximum Gasteiger partial charge on any atom is 0.277 e. The molecular formula is C31H28N4O3S. The number of para-hydroxylation sites is 1. The molecule has 0 spiro atoms. The first-order valence-electron chi connectivity index (χ1n) is 13.0. The van der Waals surface area contributed by atoms with Crippen molar-refractivity contribution in [1.29, 1.82) is 0 Å². The third-order valence-corrected chi connectivity index (χ3v) is 7.90. The molecule has 2 atom stereocenters. The summed E-state index contributed by atoms with van der Waals surface area (Å²) in [6.07, 6.45) is 5.23. The van der Waals surface area contributed by atoms with Crippen LogP contribution in [0.4, 0.5) is 0 Å². The minimum atomic E-state index is -0.138. The first-order valence-corrected chi connectivity index (χ1v) is 14.0. The van der Waals surface area contributed by atoms with Crippen molar-refractivity contribution in [2.75, 3.05) is 12.9 Å². The Bertz CT molecular complexity index is 1520. The molecule has 2 aliphatic rings. The van der Waals surface area contributed by atoms with Gasteiger partial charge in [0.2, 0.25) is 0 Å². The first-order chi connectivity index (χ1) is 19.2. The molecule has 0 N–H and O–H groups in total. The van der Waals surface area contributed by atoms with Gasteiger partial charge in [-0.05, 0) is 54.2 Å². The average molecular weight is 537 g/mol. The Balaban J connectivity index is 1.25. The molecule has 0 unspecified atom stereocenters. The standard InChI is InChI=1S/C31H28N4O3S/c1-37-26-18-9-8-16-24(26)30-32-33-31(38-30)39-20-27(36)35-29(22-13-6-3-7-14-22)25-17-10-15-23(28(25)34-35)19-21-11-4-2-5-12-21/h2-9,11-14,16,18-19,25,29H,10,15,17,20H2,1H3/b23-19+/t25-,29-/m1/s1. The quantitative estimate of drug-likeness (QED) is 0.246. The average Bonchev–Trinajstić information content (AvgIpc) is 3.63. The molecule has 1 aliphatic carbocycles. The minimum absolute atomic E-state index is 0.0909. The molecular weight excluding hydrogens is 508 g/mol. The van der Waals surface area contributed by atoms with Gasteiger partial charge < -0.3 is 9.15 Å². The zero-order valence-electron chi connectivity index (χ0n) is 21.6. The number of methoxy groups -OCH3 is 1. The summed E-state index contributed by atoms with van der Waals surface area (Å²) in [5.41, 5.74) is 5.18. The zero-order valence-corrected chi connectivity index (χ0v) is 22.4. The van der Waals surface area contributed by atoms with E-state index in [1.807, 2.05) is 60.7 Å². The Kier molecular flexibility index (Phi) is 7.27. The Hall–Kier alpha value is -4.17. The summed E-state index contributed by atoms with van der Waals surface area (Å²) in [4.78, 5) is 13.7. The number of carbonyl (C=O) groups is 1. The number of aromatic nitrogens is 2. The van der Waals surface area contributed by atoms with Crippen LogP contribution in [0.2, 0.25) is 0 Å². The normalized spacial score (nSPS) is 19.6. The van der Waals surface area contributed by atoms with Crippen LogP contribution < -0.4 is 4.74 Å². The minimum Gasteiger partial charge on any atom is -0.496 e. The van der Waals surface area contributed by atoms with Gasteiger partial charge in [0.25, 0.3) is 17.0 Å². The number of ether oxygens (including phenoxy) is 1. The van der Waals surface area contributed by atoms with Gasteiger partial charge >= 0.3 is 0 Å². The highest BCUT2D eigenvalue weighted by Gasteiger charge is 2.43. The van der Waals surface area contributed by atoms with Gasteiger partial charge in [-0.3, -0.25) is 4.79 Å². The summed E-state index contributed by atoms with van der Waals surface area (Å²) < 4.78 is 11.3. The second-order valence-corrected chi connectivity index (χ2v) is 10.4. The fourth-order valence-corrected chi connectivity index (χ4v) is 5.94. The SMILES string of the molecule is COc1ccccc1-c1nnc(SCC(=O)N2N=C3/C(=C/c4ccccc4)CCC[C@H]3[C@H]2c2ccccc2)o1. The second-order valence-electron chi connectivity index (χ2n) is 9.52. The summed E-state index contributed by atoms with van der Waals surface area (Å²) in [5.74, 6) is 1.21. The van der Waals surface area contributed by atoms with Crippen LogP contribution in [0.5, 0.6) is 5.75 Å². The van der Waals surface area contributed by atoms with E-state index < -0.39 is 0 Å². The Morgan fingerprint density at radius 1 is 1.03 bits per heavy atom. The van der Waals surface area contributed by atoms with Crippen molar-refractivity contribution in [3.8, 4) is 17.2 Å². The summed E-state index contributed by atoms with van der Waals surface area (Å²) >= 11 is 1.22. The smallest absolute Gasteiger partial charge is 0.277 e. The lowest BCUT2D eigenvalue weighted by Gasteiger charge is -2.29. The number of rotatable bonds is 7. The van der Waals surface area contributed by atoms with Gasteiger partial charge in [0.1, 0.15) is 5.75 Å². The van der Waals surface area contributed by atoms with Gasteiger partial charge in [0, 0.05) is 5.92 Å². The molecule has 0 bridgehead atoms. The highest BCUT2D eigenvalue weighted by Crippen LogP contribution is 2.44. The predicted molar refractivity (Wildman–Crippen MR) is 152 cm³/mol. The lowest BCUT2D eigenvalue weighted by Crippen LogP contribution is -2.32. The van der Waals surface area contributed by atoms with Crippen LogP contribution in [-0.4, -0.2) is 39.7 Å². The molecule has 4 aromatic rings. The van der Waals surface area contributed by atoms with Crippen LogP contribution in [0.3, 0.4) is 0 Å². The molecule has 3 aromatic carbocycles. The molecule has 196 valence electrons. The molecule has 1 aliphatic heterocycles. The summed E-state index contributed by atoms with van der Waals surface area (Å²) in [5, 5.41) is 15.3. The van der Waals surface area contributed by atoms with Gasteiger partial charge in [-0.2, -0.15) is 5.10 Å². The van der Waals surface area contributed by atoms with Gasteiger partial charge in [0.05, 0.1) is 30.2 Å². The third-order valence-electron chi connectivity index (χ3n) is 7.10. The number of hydrogen-bond acceptors (Lipinski definition) is 7. The molecule has 2 heterocycles. The van der Waals surface area contributed by atoms with Gasteiger partial charge in [-0.1, -0.05) is 84.6 Å². The molecule has 0 saturated heterocycles. The maximum absolute atomic E-state index is 13.7. The Morgan fingerprint density at radius 3 is 2.56 bits per heavy atom. The number of fused-ring (bicyclic) bond motifs is 1. The highest BCUT2D eigenvalue weighted by molar-refractivity contribution is 7.99. The second kappa shape index (κ2) is 11.3. The van der Waals surface area contributed by atoms with Gasteiger partial charge in [-0.15, -0.1) is 10.2 Å². The van der Waals surface area contributed by atoms with Crippen LogP contribution in [0.25, 0.3) is 17.5 Å². The third kappa shape index (κ3) is 5.25. The van der Waals surface area contributed by atoms with E-state index in [1.165, 1.54) is 17.3 Å². The molecule has 6 rings (SSSR count). The fraction of sp³-hybridized carbons (Fsp3) is 0.226. The molecule has 1 amide bonds. The lowest BCUT2D eigenvalue weighted by molar-refractivity contribution is -0.130. The van der Waals surface area contributed by atoms with E-state index in [0.29, 0.717) is 22.4 Å². The summed E-state index contributed by atoms with van der Waals surface area (Å²) in [7, 11) is 1.60. The zero-order chi connectivity index (χ0) is 26.6. The van der Waals surface area contributed by atoms with E-state index in [0.717, 1.165) is 36.1 Å². The van der Waals surface area contributed by atoms with E-state index in [2.05, 4.69) is 40.5 Å². The number of thioether (sulfide) groups is 1. The van der Waals surface area contributed by atoms with Crippen molar-refractivity contribution in [3.05, 3.63) is 102 Å². The maximum atomic E-state index is 13.7. The monoisotopic (exact) mass is 536 g/mol. The van der Waals surface area contributed by atoms with Crippen LogP contribution >= 0.6 is 11.8 Å².